The van der Waals surface area contributed by atoms with Crippen molar-refractivity contribution in [3.63, 3.8) is 0 Å². The number of hydrogen-bond acceptors (Lipinski definition) is 2. The van der Waals surface area contributed by atoms with Gasteiger partial charge in [-0.3, -0.25) is 9.69 Å². The molecule has 1 aromatic carbocycles. The van der Waals surface area contributed by atoms with Crippen molar-refractivity contribution in [2.45, 2.75) is 25.2 Å². The van der Waals surface area contributed by atoms with Crippen molar-refractivity contribution in [2.24, 2.45) is 0 Å². The molecule has 110 valence electrons. The molecule has 1 N–H and O–H groups in total. The van der Waals surface area contributed by atoms with Crippen molar-refractivity contribution in [2.75, 3.05) is 13.1 Å². The normalized spacial score (nSPS) is 21.4. The number of nitrogens with one attached hydrogen (secondary N) is 1. The Morgan fingerprint density at radius 2 is 2.10 bits per heavy atom. The Bertz CT molecular complexity index is 490. The van der Waals surface area contributed by atoms with E-state index in [1.165, 1.54) is 18.2 Å². The number of carbonyl (C=O) groups excluding carboxylic acids is 1. The Morgan fingerprint density at radius 3 is 2.75 bits per heavy atom. The first-order valence-electron chi connectivity index (χ1n) is 6.18. The van der Waals surface area contributed by atoms with Crippen LogP contribution in [-0.4, -0.2) is 36.1 Å². The fraction of sp³-hybridized carbons (Fsp3) is 0.462. The number of alkyl halides is 3. The summed E-state index contributed by atoms with van der Waals surface area (Å²) in [4.78, 5) is 12.4. The van der Waals surface area contributed by atoms with Crippen molar-refractivity contribution in [3.05, 3.63) is 35.6 Å². The summed E-state index contributed by atoms with van der Waals surface area (Å²) in [6.45, 7) is -0.527. The molecule has 1 unspecified atom stereocenters. The van der Waals surface area contributed by atoms with Gasteiger partial charge in [0.25, 0.3) is 0 Å². The number of carbonyl (C=O) groups is 1. The number of halogens is 4. The Labute approximate surface area is 113 Å². The van der Waals surface area contributed by atoms with Crippen LogP contribution in [0.1, 0.15) is 12.0 Å². The van der Waals surface area contributed by atoms with Crippen molar-refractivity contribution in [1.29, 1.82) is 0 Å². The second-order valence-corrected chi connectivity index (χ2v) is 4.71. The fourth-order valence-corrected chi connectivity index (χ4v) is 2.21. The third-order valence-corrected chi connectivity index (χ3v) is 3.21. The molecule has 1 aliphatic heterocycles. The lowest BCUT2D eigenvalue weighted by molar-refractivity contribution is -0.182. The molecule has 1 atom stereocenters. The van der Waals surface area contributed by atoms with E-state index in [2.05, 4.69) is 5.32 Å². The highest BCUT2D eigenvalue weighted by molar-refractivity contribution is 5.76. The molecule has 2 rings (SSSR count). The lowest BCUT2D eigenvalue weighted by Crippen LogP contribution is -2.49. The highest BCUT2D eigenvalue weighted by Crippen LogP contribution is 2.27. The molecule has 0 aliphatic carbocycles. The van der Waals surface area contributed by atoms with E-state index in [-0.39, 0.29) is 19.5 Å². The van der Waals surface area contributed by atoms with Gasteiger partial charge in [0.2, 0.25) is 5.91 Å². The van der Waals surface area contributed by atoms with Gasteiger partial charge >= 0.3 is 6.18 Å². The Morgan fingerprint density at radius 1 is 1.35 bits per heavy atom. The minimum Gasteiger partial charge on any atom is -0.354 e. The van der Waals surface area contributed by atoms with E-state index < -0.39 is 30.5 Å². The molecule has 0 saturated carbocycles. The molecule has 1 amide bonds. The molecular formula is C13H14F4N2O. The summed E-state index contributed by atoms with van der Waals surface area (Å²) in [5.41, 5.74) is 0.452. The zero-order chi connectivity index (χ0) is 14.8. The number of rotatable bonds is 2. The first-order valence-corrected chi connectivity index (χ1v) is 6.18. The topological polar surface area (TPSA) is 32.3 Å². The maximum absolute atomic E-state index is 13.1. The van der Waals surface area contributed by atoms with Crippen molar-refractivity contribution >= 4 is 5.91 Å². The largest absolute Gasteiger partial charge is 0.405 e. The van der Waals surface area contributed by atoms with Crippen LogP contribution in [0.15, 0.2) is 24.3 Å². The fourth-order valence-electron chi connectivity index (χ4n) is 2.21. The first kappa shape index (κ1) is 14.8. The van der Waals surface area contributed by atoms with Gasteiger partial charge in [-0.2, -0.15) is 13.2 Å². The molecule has 3 nitrogen and oxygen atoms in total. The zero-order valence-electron chi connectivity index (χ0n) is 10.6. The van der Waals surface area contributed by atoms with E-state index in [1.54, 1.807) is 6.07 Å². The maximum Gasteiger partial charge on any atom is 0.405 e. The quantitative estimate of drug-likeness (QED) is 0.846. The molecule has 1 saturated heterocycles. The Hall–Kier alpha value is -1.63. The molecule has 7 heteroatoms. The number of nitrogens with zero attached hydrogens (tertiary/aromatic N) is 1. The third kappa shape index (κ3) is 3.69. The van der Waals surface area contributed by atoms with Gasteiger partial charge in [-0.15, -0.1) is 0 Å². The molecular weight excluding hydrogens is 276 g/mol. The molecule has 1 aromatic rings. The van der Waals surface area contributed by atoms with Crippen LogP contribution in [0.2, 0.25) is 0 Å². The molecule has 0 aromatic heterocycles. The van der Waals surface area contributed by atoms with Gasteiger partial charge < -0.3 is 5.32 Å². The van der Waals surface area contributed by atoms with Crippen LogP contribution >= 0.6 is 0 Å². The highest BCUT2D eigenvalue weighted by Gasteiger charge is 2.44. The predicted octanol–water partition coefficient (Wildman–Crippen LogP) is 2.08. The summed E-state index contributed by atoms with van der Waals surface area (Å²) in [7, 11) is 0. The van der Waals surface area contributed by atoms with Gasteiger partial charge in [-0.1, -0.05) is 12.1 Å². The van der Waals surface area contributed by atoms with E-state index in [1.807, 2.05) is 0 Å². The second kappa shape index (κ2) is 5.78. The van der Waals surface area contributed by atoms with Crippen LogP contribution in [-0.2, 0) is 11.3 Å². The van der Waals surface area contributed by atoms with Crippen molar-refractivity contribution in [1.82, 2.24) is 10.2 Å². The lowest BCUT2D eigenvalue weighted by atomic mass is 10.1. The van der Waals surface area contributed by atoms with E-state index in [0.717, 1.165) is 4.90 Å². The molecule has 0 spiro atoms. The Balaban J connectivity index is 2.18. The van der Waals surface area contributed by atoms with E-state index in [9.17, 15) is 22.4 Å². The smallest absolute Gasteiger partial charge is 0.354 e. The second-order valence-electron chi connectivity index (χ2n) is 4.71. The zero-order valence-corrected chi connectivity index (χ0v) is 10.6. The minimum atomic E-state index is -4.44. The van der Waals surface area contributed by atoms with E-state index >= 15 is 0 Å². The van der Waals surface area contributed by atoms with Gasteiger partial charge in [0.15, 0.2) is 0 Å². The van der Waals surface area contributed by atoms with E-state index in [0.29, 0.717) is 5.56 Å². The summed E-state index contributed by atoms with van der Waals surface area (Å²) < 4.78 is 52.1. The number of hydrogen-bond donors (Lipinski definition) is 1. The monoisotopic (exact) mass is 290 g/mol. The molecule has 20 heavy (non-hydrogen) atoms. The molecule has 1 aliphatic rings. The van der Waals surface area contributed by atoms with Crippen LogP contribution in [0.4, 0.5) is 17.6 Å². The summed E-state index contributed by atoms with van der Waals surface area (Å²) in [6.07, 6.45) is -4.44. The summed E-state index contributed by atoms with van der Waals surface area (Å²) in [5, 5.41) is 2.25. The average molecular weight is 290 g/mol. The summed E-state index contributed by atoms with van der Waals surface area (Å²) in [5.74, 6) is -0.893. The standard InChI is InChI=1S/C13H14F4N2O/c14-10-3-1-2-9(6-10)8-19-5-4-12(20)18-7-11(19)13(15,16)17/h1-3,6,11H,4-5,7-8H2,(H,18,20). The Kier molecular flexibility index (Phi) is 4.27. The summed E-state index contributed by atoms with van der Waals surface area (Å²) in [6, 6.07) is 3.70. The molecule has 0 radical (unpaired) electrons. The summed E-state index contributed by atoms with van der Waals surface area (Å²) >= 11 is 0. The van der Waals surface area contributed by atoms with Crippen LogP contribution in [0.5, 0.6) is 0 Å². The van der Waals surface area contributed by atoms with Gasteiger partial charge in [0.05, 0.1) is 0 Å². The molecule has 0 bridgehead atoms. The predicted molar refractivity (Wildman–Crippen MR) is 64.3 cm³/mol. The van der Waals surface area contributed by atoms with Gasteiger partial charge in [-0.25, -0.2) is 4.39 Å². The maximum atomic E-state index is 13.1. The van der Waals surface area contributed by atoms with Crippen LogP contribution < -0.4 is 5.32 Å². The minimum absolute atomic E-state index is 0.00188. The van der Waals surface area contributed by atoms with Gasteiger partial charge in [0, 0.05) is 26.1 Å². The van der Waals surface area contributed by atoms with Gasteiger partial charge in [-0.05, 0) is 17.7 Å². The molecule has 1 fully saturated rings. The lowest BCUT2D eigenvalue weighted by Gasteiger charge is -2.30. The van der Waals surface area contributed by atoms with E-state index in [4.69, 9.17) is 0 Å². The average Bonchev–Trinajstić information content (AvgIpc) is 2.51. The third-order valence-electron chi connectivity index (χ3n) is 3.21. The van der Waals surface area contributed by atoms with Crippen LogP contribution in [0.25, 0.3) is 0 Å². The SMILES string of the molecule is O=C1CCN(Cc2cccc(F)c2)C(C(F)(F)F)CN1. The highest BCUT2D eigenvalue weighted by atomic mass is 19.4. The van der Waals surface area contributed by atoms with Crippen molar-refractivity contribution in [3.8, 4) is 0 Å². The first-order chi connectivity index (χ1) is 9.36. The van der Waals surface area contributed by atoms with Crippen molar-refractivity contribution < 1.29 is 22.4 Å². The van der Waals surface area contributed by atoms with Crippen LogP contribution in [0, 0.1) is 5.82 Å². The molecule has 1 heterocycles. The number of amides is 1. The van der Waals surface area contributed by atoms with Crippen LogP contribution in [0.3, 0.4) is 0 Å². The number of benzene rings is 1. The van der Waals surface area contributed by atoms with Gasteiger partial charge in [0.1, 0.15) is 11.9 Å².